The van der Waals surface area contributed by atoms with E-state index >= 15 is 0 Å². The van der Waals surface area contributed by atoms with Crippen LogP contribution in [-0.4, -0.2) is 128 Å². The van der Waals surface area contributed by atoms with Gasteiger partial charge in [0.15, 0.2) is 36.3 Å². The van der Waals surface area contributed by atoms with Crippen molar-refractivity contribution in [2.75, 3.05) is 65.6 Å². The van der Waals surface area contributed by atoms with E-state index in [1.54, 1.807) is 52.5 Å². The fourth-order valence-electron chi connectivity index (χ4n) is 5.62. The minimum Gasteiger partial charge on any atom is -0.478 e. The number of carbonyl (C=O) groups excluding carboxylic acids is 3. The number of alkyl halides is 6. The van der Waals surface area contributed by atoms with Crippen molar-refractivity contribution in [3.8, 4) is 11.5 Å². The van der Waals surface area contributed by atoms with Crippen molar-refractivity contribution in [3.63, 3.8) is 0 Å². The first-order valence-corrected chi connectivity index (χ1v) is 18.3. The second-order valence-corrected chi connectivity index (χ2v) is 15.3. The predicted molar refractivity (Wildman–Crippen MR) is 193 cm³/mol. The van der Waals surface area contributed by atoms with Crippen LogP contribution in [0.3, 0.4) is 0 Å². The first-order valence-electron chi connectivity index (χ1n) is 18.3. The third-order valence-electron chi connectivity index (χ3n) is 8.05. The summed E-state index contributed by atoms with van der Waals surface area (Å²) in [5.74, 6) is -2.47. The van der Waals surface area contributed by atoms with E-state index in [-0.39, 0.29) is 50.8 Å². The number of nitrogens with zero attached hydrogens (tertiary/aromatic N) is 3. The number of benzene rings is 2. The summed E-state index contributed by atoms with van der Waals surface area (Å²) < 4.78 is 129. The van der Waals surface area contributed by atoms with E-state index in [2.05, 4.69) is 15.0 Å². The quantitative estimate of drug-likeness (QED) is 0.157. The van der Waals surface area contributed by atoms with E-state index in [4.69, 9.17) is 18.9 Å². The lowest BCUT2D eigenvalue weighted by Crippen LogP contribution is -2.52. The Morgan fingerprint density at radius 2 is 1.03 bits per heavy atom. The van der Waals surface area contributed by atoms with Gasteiger partial charge in [0, 0.05) is 76.6 Å². The van der Waals surface area contributed by atoms with Gasteiger partial charge in [-0.25, -0.2) is 23.2 Å². The summed E-state index contributed by atoms with van der Waals surface area (Å²) in [7, 11) is 0. The van der Waals surface area contributed by atoms with Crippen LogP contribution in [0.1, 0.15) is 52.7 Å². The minimum atomic E-state index is -5.80. The van der Waals surface area contributed by atoms with Crippen LogP contribution in [0.5, 0.6) is 11.5 Å². The van der Waals surface area contributed by atoms with Crippen molar-refractivity contribution in [2.45, 2.75) is 84.3 Å². The number of piperazine rings is 2. The monoisotopic (exact) mass is 842 g/mol. The van der Waals surface area contributed by atoms with Gasteiger partial charge in [0.25, 0.3) is 6.10 Å². The van der Waals surface area contributed by atoms with Crippen LogP contribution in [0.2, 0.25) is 0 Å². The largest absolute Gasteiger partial charge is 0.478 e. The molecule has 2 aromatic rings. The van der Waals surface area contributed by atoms with Crippen molar-refractivity contribution in [3.05, 3.63) is 59.2 Å². The highest BCUT2D eigenvalue weighted by molar-refractivity contribution is 5.72. The van der Waals surface area contributed by atoms with Crippen LogP contribution in [-0.2, 0) is 36.9 Å². The fraction of sp³-hybridized carbons (Fsp3) is 0.605. The summed E-state index contributed by atoms with van der Waals surface area (Å²) in [5.41, 5.74) is -0.256. The molecule has 0 saturated carbocycles. The van der Waals surface area contributed by atoms with Crippen molar-refractivity contribution in [2.24, 2.45) is 0 Å². The molecule has 2 aliphatic heterocycles. The highest BCUT2D eigenvalue weighted by Crippen LogP contribution is 2.36. The van der Waals surface area contributed by atoms with Crippen molar-refractivity contribution in [1.29, 1.82) is 0 Å². The molecular weight excluding hydrogens is 792 g/mol. The van der Waals surface area contributed by atoms with Crippen LogP contribution >= 0.6 is 0 Å². The Labute approximate surface area is 331 Å². The van der Waals surface area contributed by atoms with E-state index in [1.165, 1.54) is 18.2 Å². The molecule has 2 aromatic carbocycles. The van der Waals surface area contributed by atoms with E-state index in [0.29, 0.717) is 12.1 Å². The Kier molecular flexibility index (Phi) is 17.0. The van der Waals surface area contributed by atoms with E-state index in [0.717, 1.165) is 42.7 Å². The van der Waals surface area contributed by atoms with Crippen LogP contribution in [0, 0.1) is 11.6 Å². The second kappa shape index (κ2) is 20.5. The van der Waals surface area contributed by atoms with Gasteiger partial charge in [-0.1, -0.05) is 24.3 Å². The normalized spacial score (nSPS) is 15.9. The zero-order chi connectivity index (χ0) is 43.5. The molecule has 20 heteroatoms. The number of amides is 1. The number of rotatable bonds is 11. The summed E-state index contributed by atoms with van der Waals surface area (Å²) in [4.78, 5) is 40.2. The fourth-order valence-corrected chi connectivity index (χ4v) is 5.62. The predicted octanol–water partition coefficient (Wildman–Crippen LogP) is 6.25. The lowest BCUT2D eigenvalue weighted by Gasteiger charge is -2.35. The molecule has 326 valence electrons. The van der Waals surface area contributed by atoms with Crippen LogP contribution in [0.15, 0.2) is 36.4 Å². The maximum atomic E-state index is 14.3. The topological polar surface area (TPSA) is 119 Å². The molecule has 0 aliphatic carbocycles. The number of hydrogen-bond acceptors (Lipinski definition) is 11. The molecule has 58 heavy (non-hydrogen) atoms. The summed E-state index contributed by atoms with van der Waals surface area (Å²) in [6, 6.07) is 8.90. The zero-order valence-electron chi connectivity index (χ0n) is 33.2. The molecule has 4 rings (SSSR count). The van der Waals surface area contributed by atoms with Gasteiger partial charge >= 0.3 is 30.4 Å². The maximum absolute atomic E-state index is 14.3. The highest BCUT2D eigenvalue weighted by atomic mass is 19.4. The molecule has 0 aromatic heterocycles. The Bertz CT molecular complexity index is 1650. The second-order valence-electron chi connectivity index (χ2n) is 15.3. The lowest BCUT2D eigenvalue weighted by atomic mass is 10.1. The molecule has 2 heterocycles. The van der Waals surface area contributed by atoms with E-state index in [1.807, 2.05) is 6.07 Å². The number of nitrogens with one attached hydrogen (secondary N) is 1. The van der Waals surface area contributed by atoms with Gasteiger partial charge in [-0.05, 0) is 53.7 Å². The molecule has 1 amide bonds. The minimum absolute atomic E-state index is 0.0554. The van der Waals surface area contributed by atoms with Gasteiger partial charge in [0.1, 0.15) is 11.2 Å². The van der Waals surface area contributed by atoms with Gasteiger partial charge < -0.3 is 33.9 Å². The molecule has 1 N–H and O–H groups in total. The van der Waals surface area contributed by atoms with Crippen molar-refractivity contribution in [1.82, 2.24) is 20.0 Å². The summed E-state index contributed by atoms with van der Waals surface area (Å²) >= 11 is 0. The average molecular weight is 843 g/mol. The molecule has 0 spiro atoms. The number of ether oxygens (including phenoxy) is 5. The summed E-state index contributed by atoms with van der Waals surface area (Å²) in [5, 5.41) is 3.28. The van der Waals surface area contributed by atoms with E-state index < -0.39 is 65.9 Å². The molecule has 2 aliphatic rings. The Morgan fingerprint density at radius 3 is 1.41 bits per heavy atom. The first-order chi connectivity index (χ1) is 26.8. The first kappa shape index (κ1) is 47.9. The third kappa shape index (κ3) is 16.4. The molecular formula is C38H50F8N4O8. The summed E-state index contributed by atoms with van der Waals surface area (Å²) in [6.07, 6.45) is -17.6. The van der Waals surface area contributed by atoms with Crippen molar-refractivity contribution < 1.29 is 73.2 Å². The van der Waals surface area contributed by atoms with Crippen LogP contribution in [0.25, 0.3) is 0 Å². The number of esters is 2. The van der Waals surface area contributed by atoms with Crippen LogP contribution < -0.4 is 14.8 Å². The Balaban J connectivity index is 0.000000338. The maximum Gasteiger partial charge on any atom is 0.434 e. The zero-order valence-corrected chi connectivity index (χ0v) is 33.2. The molecule has 0 radical (unpaired) electrons. The summed E-state index contributed by atoms with van der Waals surface area (Å²) in [6.45, 7) is 13.5. The van der Waals surface area contributed by atoms with Gasteiger partial charge in [-0.3, -0.25) is 9.80 Å². The molecule has 2 saturated heterocycles. The Hall–Kier alpha value is -4.43. The van der Waals surface area contributed by atoms with Gasteiger partial charge in [-0.15, -0.1) is 0 Å². The van der Waals surface area contributed by atoms with Gasteiger partial charge in [0.2, 0.25) is 0 Å². The Morgan fingerprint density at radius 1 is 0.638 bits per heavy atom. The number of carbonyl (C=O) groups is 3. The SMILES string of the molecule is CC(C)(C)OC(=O)COc1c(F)cccc1CN1CCN(C(=O)OC(C(F)(F)F)C(F)(F)F)CC1.CC(C)(C)OC(=O)COc1c(F)cccc1CN1CCNCC1. The lowest BCUT2D eigenvalue weighted by molar-refractivity contribution is -0.308. The highest BCUT2D eigenvalue weighted by Gasteiger charge is 2.60. The molecule has 12 nitrogen and oxygen atoms in total. The molecule has 0 unspecified atom stereocenters. The van der Waals surface area contributed by atoms with Gasteiger partial charge in [-0.2, -0.15) is 26.3 Å². The van der Waals surface area contributed by atoms with Crippen molar-refractivity contribution >= 4 is 18.0 Å². The third-order valence-corrected chi connectivity index (χ3v) is 8.05. The number of hydrogen-bond donors (Lipinski definition) is 1. The number of para-hydroxylation sites is 2. The molecule has 0 bridgehead atoms. The average Bonchev–Trinajstić information content (AvgIpc) is 3.08. The smallest absolute Gasteiger partial charge is 0.434 e. The van der Waals surface area contributed by atoms with Crippen LogP contribution in [0.4, 0.5) is 39.9 Å². The molecule has 2 fully saturated rings. The van der Waals surface area contributed by atoms with E-state index in [9.17, 15) is 49.5 Å². The van der Waals surface area contributed by atoms with Gasteiger partial charge in [0.05, 0.1) is 0 Å². The number of halogens is 8. The standard InChI is InChI=1S/C21H25F7N2O5.C17H25FN2O3/c1-19(2,3)35-15(31)12-33-16-13(5-4-6-14(16)22)11-29-7-9-30(10-8-29)18(32)34-17(20(23,24)25)21(26,27)28;1-17(2,3)23-15(21)12-22-16-13(5-4-6-14(16)18)11-20-9-7-19-8-10-20/h4-6,17H,7-12H2,1-3H3;4-6,19H,7-12H2,1-3H3. The molecule has 0 atom stereocenters.